The number of amides is 1. The molecule has 2 aromatic carbocycles. The summed E-state index contributed by atoms with van der Waals surface area (Å²) < 4.78 is 0. The third kappa shape index (κ3) is 2.96. The highest BCUT2D eigenvalue weighted by molar-refractivity contribution is 6.06. The fourth-order valence-electron chi connectivity index (χ4n) is 2.64. The number of carbonyl (C=O) groups excluding carboxylic acids is 1. The molecular formula is C17H16N4O3. The van der Waals surface area contributed by atoms with Crippen molar-refractivity contribution in [2.24, 2.45) is 0 Å². The van der Waals surface area contributed by atoms with Crippen LogP contribution in [0.1, 0.15) is 22.8 Å². The van der Waals surface area contributed by atoms with Crippen molar-refractivity contribution in [3.8, 4) is 0 Å². The molecular weight excluding hydrogens is 308 g/mol. The fraction of sp³-hybridized carbons (Fsp3) is 0.176. The van der Waals surface area contributed by atoms with Crippen molar-refractivity contribution in [3.05, 3.63) is 69.9 Å². The van der Waals surface area contributed by atoms with E-state index in [1.807, 2.05) is 13.0 Å². The lowest BCUT2D eigenvalue weighted by Gasteiger charge is -2.21. The number of rotatable bonds is 5. The molecule has 0 aliphatic heterocycles. The Morgan fingerprint density at radius 3 is 2.83 bits per heavy atom. The van der Waals surface area contributed by atoms with Crippen LogP contribution in [-0.4, -0.2) is 32.5 Å². The van der Waals surface area contributed by atoms with E-state index in [0.717, 1.165) is 16.5 Å². The van der Waals surface area contributed by atoms with Gasteiger partial charge in [-0.2, -0.15) is 5.10 Å². The average Bonchev–Trinajstić information content (AvgIpc) is 3.08. The summed E-state index contributed by atoms with van der Waals surface area (Å²) in [6.07, 6.45) is 1.63. The number of hydrogen-bond donors (Lipinski definition) is 1. The monoisotopic (exact) mass is 324 g/mol. The van der Waals surface area contributed by atoms with Gasteiger partial charge in [0.05, 0.1) is 22.2 Å². The molecule has 0 radical (unpaired) electrons. The maximum absolute atomic E-state index is 12.9. The number of nitrogens with zero attached hydrogens (tertiary/aromatic N) is 3. The van der Waals surface area contributed by atoms with E-state index < -0.39 is 4.92 Å². The predicted octanol–water partition coefficient (Wildman–Crippen LogP) is 3.13. The fourth-order valence-corrected chi connectivity index (χ4v) is 2.64. The number of carbonyl (C=O) groups is 1. The Balaban J connectivity index is 1.89. The Morgan fingerprint density at radius 1 is 1.29 bits per heavy atom. The lowest BCUT2D eigenvalue weighted by molar-refractivity contribution is -0.384. The van der Waals surface area contributed by atoms with Gasteiger partial charge in [-0.1, -0.05) is 18.2 Å². The third-order valence-electron chi connectivity index (χ3n) is 3.88. The summed E-state index contributed by atoms with van der Waals surface area (Å²) in [5.41, 5.74) is 2.10. The number of fused-ring (bicyclic) bond motifs is 1. The van der Waals surface area contributed by atoms with Gasteiger partial charge in [0.15, 0.2) is 0 Å². The Morgan fingerprint density at radius 2 is 2.08 bits per heavy atom. The minimum absolute atomic E-state index is 0.0212. The number of aromatic amines is 1. The molecule has 3 aromatic rings. The predicted molar refractivity (Wildman–Crippen MR) is 89.6 cm³/mol. The molecule has 1 heterocycles. The van der Waals surface area contributed by atoms with Gasteiger partial charge in [0.2, 0.25) is 0 Å². The van der Waals surface area contributed by atoms with Crippen LogP contribution >= 0.6 is 0 Å². The van der Waals surface area contributed by atoms with Crippen molar-refractivity contribution >= 4 is 22.5 Å². The van der Waals surface area contributed by atoms with Crippen LogP contribution < -0.4 is 0 Å². The summed E-state index contributed by atoms with van der Waals surface area (Å²) in [6.45, 7) is 2.69. The van der Waals surface area contributed by atoms with Crippen molar-refractivity contribution in [1.82, 2.24) is 15.1 Å². The highest BCUT2D eigenvalue weighted by Crippen LogP contribution is 2.20. The van der Waals surface area contributed by atoms with Gasteiger partial charge >= 0.3 is 0 Å². The van der Waals surface area contributed by atoms with Crippen LogP contribution in [0.4, 0.5) is 5.69 Å². The molecule has 0 unspecified atom stereocenters. The number of aromatic nitrogens is 2. The quantitative estimate of drug-likeness (QED) is 0.576. The molecule has 24 heavy (non-hydrogen) atoms. The largest absolute Gasteiger partial charge is 0.335 e. The Kier molecular flexibility index (Phi) is 4.24. The zero-order valence-electron chi connectivity index (χ0n) is 13.1. The van der Waals surface area contributed by atoms with Gasteiger partial charge in [-0.25, -0.2) is 0 Å². The van der Waals surface area contributed by atoms with E-state index in [1.54, 1.807) is 35.4 Å². The van der Waals surface area contributed by atoms with Crippen molar-refractivity contribution < 1.29 is 9.72 Å². The first-order valence-corrected chi connectivity index (χ1v) is 7.55. The number of hydrogen-bond acceptors (Lipinski definition) is 4. The standard InChI is InChI=1S/C17H16N4O3/c1-2-20(11-12-5-3-6-13(9-12)21(23)24)17(22)14-7-4-8-16-15(14)10-18-19-16/h3-10H,2,11H2,1H3,(H,18,19). The van der Waals surface area contributed by atoms with Gasteiger partial charge in [-0.3, -0.25) is 20.0 Å². The zero-order chi connectivity index (χ0) is 17.1. The Bertz CT molecular complexity index is 903. The van der Waals surface area contributed by atoms with E-state index in [-0.39, 0.29) is 11.6 Å². The molecule has 1 N–H and O–H groups in total. The summed E-state index contributed by atoms with van der Waals surface area (Å²) in [4.78, 5) is 25.0. The molecule has 122 valence electrons. The first-order chi connectivity index (χ1) is 11.6. The van der Waals surface area contributed by atoms with E-state index in [2.05, 4.69) is 10.2 Å². The van der Waals surface area contributed by atoms with Gasteiger partial charge in [0.1, 0.15) is 0 Å². The van der Waals surface area contributed by atoms with Crippen LogP contribution in [0.3, 0.4) is 0 Å². The van der Waals surface area contributed by atoms with E-state index in [1.165, 1.54) is 12.1 Å². The lowest BCUT2D eigenvalue weighted by atomic mass is 10.1. The van der Waals surface area contributed by atoms with Gasteiger partial charge in [0, 0.05) is 30.6 Å². The topological polar surface area (TPSA) is 92.1 Å². The van der Waals surface area contributed by atoms with Crippen LogP contribution in [-0.2, 0) is 6.54 Å². The molecule has 3 rings (SSSR count). The Labute approximate surface area is 138 Å². The molecule has 0 bridgehead atoms. The van der Waals surface area contributed by atoms with Gasteiger partial charge in [-0.05, 0) is 24.6 Å². The number of benzene rings is 2. The van der Waals surface area contributed by atoms with Crippen LogP contribution in [0.5, 0.6) is 0 Å². The van der Waals surface area contributed by atoms with E-state index in [4.69, 9.17) is 0 Å². The summed E-state index contributed by atoms with van der Waals surface area (Å²) >= 11 is 0. The van der Waals surface area contributed by atoms with Crippen molar-refractivity contribution in [2.45, 2.75) is 13.5 Å². The zero-order valence-corrected chi connectivity index (χ0v) is 13.1. The minimum atomic E-state index is -0.437. The van der Waals surface area contributed by atoms with Crippen molar-refractivity contribution in [2.75, 3.05) is 6.54 Å². The normalized spacial score (nSPS) is 10.7. The first-order valence-electron chi connectivity index (χ1n) is 7.55. The Hall–Kier alpha value is -3.22. The van der Waals surface area contributed by atoms with Gasteiger partial charge in [0.25, 0.3) is 11.6 Å². The molecule has 0 atom stereocenters. The summed E-state index contributed by atoms with van der Waals surface area (Å²) in [6, 6.07) is 11.8. The second-order valence-corrected chi connectivity index (χ2v) is 5.38. The molecule has 0 aliphatic carbocycles. The summed E-state index contributed by atoms with van der Waals surface area (Å²) in [5.74, 6) is -0.129. The molecule has 0 aliphatic rings. The second-order valence-electron chi connectivity index (χ2n) is 5.38. The average molecular weight is 324 g/mol. The van der Waals surface area contributed by atoms with Crippen LogP contribution in [0.2, 0.25) is 0 Å². The van der Waals surface area contributed by atoms with Crippen LogP contribution in [0.15, 0.2) is 48.7 Å². The first kappa shape index (κ1) is 15.7. The van der Waals surface area contributed by atoms with Gasteiger partial charge in [-0.15, -0.1) is 0 Å². The number of nitro benzene ring substituents is 1. The smallest absolute Gasteiger partial charge is 0.269 e. The van der Waals surface area contributed by atoms with E-state index in [0.29, 0.717) is 18.7 Å². The second kappa shape index (κ2) is 6.49. The summed E-state index contributed by atoms with van der Waals surface area (Å²) in [7, 11) is 0. The highest BCUT2D eigenvalue weighted by atomic mass is 16.6. The summed E-state index contributed by atoms with van der Waals surface area (Å²) in [5, 5.41) is 18.5. The van der Waals surface area contributed by atoms with Crippen molar-refractivity contribution in [1.29, 1.82) is 0 Å². The minimum Gasteiger partial charge on any atom is -0.335 e. The lowest BCUT2D eigenvalue weighted by Crippen LogP contribution is -2.30. The van der Waals surface area contributed by atoms with Crippen molar-refractivity contribution in [3.63, 3.8) is 0 Å². The molecule has 1 aromatic heterocycles. The molecule has 1 amide bonds. The van der Waals surface area contributed by atoms with Crippen LogP contribution in [0.25, 0.3) is 10.9 Å². The molecule has 0 fully saturated rings. The highest BCUT2D eigenvalue weighted by Gasteiger charge is 2.18. The van der Waals surface area contributed by atoms with E-state index >= 15 is 0 Å². The maximum Gasteiger partial charge on any atom is 0.269 e. The molecule has 0 saturated carbocycles. The number of nitrogens with one attached hydrogen (secondary N) is 1. The molecule has 7 heteroatoms. The SMILES string of the molecule is CCN(Cc1cccc([N+](=O)[O-])c1)C(=O)c1cccc2[nH]ncc12. The maximum atomic E-state index is 12.9. The number of nitro groups is 1. The third-order valence-corrected chi connectivity index (χ3v) is 3.88. The van der Waals surface area contributed by atoms with Gasteiger partial charge < -0.3 is 4.90 Å². The van der Waals surface area contributed by atoms with E-state index in [9.17, 15) is 14.9 Å². The number of H-pyrrole nitrogens is 1. The van der Waals surface area contributed by atoms with Crippen LogP contribution in [0, 0.1) is 10.1 Å². The number of non-ortho nitro benzene ring substituents is 1. The molecule has 0 saturated heterocycles. The molecule has 0 spiro atoms. The molecule has 7 nitrogen and oxygen atoms in total.